The van der Waals surface area contributed by atoms with E-state index in [1.54, 1.807) is 0 Å². The van der Waals surface area contributed by atoms with Crippen molar-refractivity contribution in [2.45, 2.75) is 31.2 Å². The van der Waals surface area contributed by atoms with Gasteiger partial charge in [-0.2, -0.15) is 0 Å². The molecule has 0 aromatic heterocycles. The zero-order valence-electron chi connectivity index (χ0n) is 10.1. The minimum absolute atomic E-state index is 0.0134. The van der Waals surface area contributed by atoms with Crippen LogP contribution in [0.3, 0.4) is 0 Å². The fourth-order valence-corrected chi connectivity index (χ4v) is 3.30. The van der Waals surface area contributed by atoms with Crippen LogP contribution >= 0.6 is 11.6 Å². The molecule has 18 heavy (non-hydrogen) atoms. The van der Waals surface area contributed by atoms with Gasteiger partial charge in [0.2, 0.25) is 5.91 Å². The molecule has 1 unspecified atom stereocenters. The molecule has 1 amide bonds. The molecule has 3 nitrogen and oxygen atoms in total. The number of nitrogens with one attached hydrogen (secondary N) is 1. The van der Waals surface area contributed by atoms with E-state index in [4.69, 9.17) is 11.6 Å². The number of hydrogen-bond acceptors (Lipinski definition) is 2. The summed E-state index contributed by atoms with van der Waals surface area (Å²) in [4.78, 5) is 16.2. The van der Waals surface area contributed by atoms with Gasteiger partial charge >= 0.3 is 0 Å². The summed E-state index contributed by atoms with van der Waals surface area (Å²) in [5.74, 6) is -0.0134. The highest BCUT2D eigenvalue weighted by Crippen LogP contribution is 2.39. The highest BCUT2D eigenvalue weighted by molar-refractivity contribution is 6.32. The van der Waals surface area contributed by atoms with Gasteiger partial charge in [-0.15, -0.1) is 0 Å². The zero-order chi connectivity index (χ0) is 12.6. The van der Waals surface area contributed by atoms with Crippen molar-refractivity contribution in [2.24, 2.45) is 4.99 Å². The first kappa shape index (κ1) is 11.7. The number of rotatable bonds is 1. The molecular weight excluding hydrogens is 248 g/mol. The third kappa shape index (κ3) is 1.74. The Kier molecular flexibility index (Phi) is 2.86. The van der Waals surface area contributed by atoms with E-state index in [0.29, 0.717) is 5.02 Å². The first-order valence-corrected chi connectivity index (χ1v) is 6.70. The monoisotopic (exact) mass is 262 g/mol. The number of halogens is 1. The molecule has 0 radical (unpaired) electrons. The lowest BCUT2D eigenvalue weighted by atomic mass is 9.74. The van der Waals surface area contributed by atoms with E-state index in [0.717, 1.165) is 37.0 Å². The van der Waals surface area contributed by atoms with E-state index in [2.05, 4.69) is 10.3 Å². The number of carbonyl (C=O) groups excluding carboxylic acids is 1. The number of amides is 1. The van der Waals surface area contributed by atoms with Crippen LogP contribution in [0.15, 0.2) is 29.3 Å². The molecule has 1 aromatic carbocycles. The summed E-state index contributed by atoms with van der Waals surface area (Å²) in [7, 11) is 0. The molecule has 1 heterocycles. The number of nitrogens with zero attached hydrogens (tertiary/aromatic N) is 1. The second-order valence-electron chi connectivity index (χ2n) is 4.90. The van der Waals surface area contributed by atoms with Gasteiger partial charge in [0, 0.05) is 16.3 Å². The minimum Gasteiger partial charge on any atom is -0.340 e. The Balaban J connectivity index is 2.15. The molecule has 0 spiro atoms. The van der Waals surface area contributed by atoms with Crippen LogP contribution in [0.4, 0.5) is 0 Å². The van der Waals surface area contributed by atoms with Crippen molar-refractivity contribution in [1.29, 1.82) is 0 Å². The van der Waals surface area contributed by atoms with E-state index in [1.165, 1.54) is 0 Å². The predicted octanol–water partition coefficient (Wildman–Crippen LogP) is 2.68. The van der Waals surface area contributed by atoms with Crippen molar-refractivity contribution < 1.29 is 4.79 Å². The second-order valence-corrected chi connectivity index (χ2v) is 5.31. The average Bonchev–Trinajstić information content (AvgIpc) is 2.38. The van der Waals surface area contributed by atoms with Crippen LogP contribution < -0.4 is 5.32 Å². The average molecular weight is 263 g/mol. The van der Waals surface area contributed by atoms with Crippen molar-refractivity contribution in [3.63, 3.8) is 0 Å². The summed E-state index contributed by atoms with van der Waals surface area (Å²) in [5.41, 5.74) is 1.62. The molecule has 1 atom stereocenters. The van der Waals surface area contributed by atoms with Crippen molar-refractivity contribution in [2.75, 3.05) is 6.54 Å². The van der Waals surface area contributed by atoms with Crippen LogP contribution in [0.25, 0.3) is 0 Å². The topological polar surface area (TPSA) is 41.5 Å². The SMILES string of the molecule is O=C1CN=C2CCCCC2(c2ccccc2Cl)N1. The van der Waals surface area contributed by atoms with E-state index < -0.39 is 5.54 Å². The molecule has 94 valence electrons. The third-order valence-electron chi connectivity index (χ3n) is 3.81. The number of benzene rings is 1. The quantitative estimate of drug-likeness (QED) is 0.831. The second kappa shape index (κ2) is 4.39. The van der Waals surface area contributed by atoms with Crippen molar-refractivity contribution in [3.8, 4) is 0 Å². The summed E-state index contributed by atoms with van der Waals surface area (Å²) in [6.07, 6.45) is 4.07. The Bertz CT molecular complexity index is 526. The summed E-state index contributed by atoms with van der Waals surface area (Å²) in [6, 6.07) is 7.74. The lowest BCUT2D eigenvalue weighted by Crippen LogP contribution is -2.57. The minimum atomic E-state index is -0.452. The first-order chi connectivity index (χ1) is 8.72. The molecule has 1 saturated carbocycles. The van der Waals surface area contributed by atoms with Crippen LogP contribution in [-0.4, -0.2) is 18.2 Å². The number of aliphatic imine (C=N–C) groups is 1. The molecule has 4 heteroatoms. The highest BCUT2D eigenvalue weighted by atomic mass is 35.5. The normalized spacial score (nSPS) is 27.2. The Morgan fingerprint density at radius 1 is 1.28 bits per heavy atom. The maximum absolute atomic E-state index is 11.7. The Morgan fingerprint density at radius 2 is 2.11 bits per heavy atom. The van der Waals surface area contributed by atoms with Gasteiger partial charge in [0.25, 0.3) is 0 Å². The summed E-state index contributed by atoms with van der Waals surface area (Å²) < 4.78 is 0. The number of carbonyl (C=O) groups is 1. The Labute approximate surface area is 111 Å². The van der Waals surface area contributed by atoms with Gasteiger partial charge in [0.15, 0.2) is 0 Å². The largest absolute Gasteiger partial charge is 0.340 e. The molecule has 1 aliphatic carbocycles. The van der Waals surface area contributed by atoms with Gasteiger partial charge in [-0.25, -0.2) is 0 Å². The fourth-order valence-electron chi connectivity index (χ4n) is 3.00. The van der Waals surface area contributed by atoms with Crippen LogP contribution in [0, 0.1) is 0 Å². The molecule has 3 rings (SSSR count). The lowest BCUT2D eigenvalue weighted by molar-refractivity contribution is -0.121. The number of hydrogen-bond donors (Lipinski definition) is 1. The van der Waals surface area contributed by atoms with Gasteiger partial charge in [-0.1, -0.05) is 29.8 Å². The highest BCUT2D eigenvalue weighted by Gasteiger charge is 2.43. The van der Waals surface area contributed by atoms with Gasteiger partial charge in [-0.3, -0.25) is 9.79 Å². The summed E-state index contributed by atoms with van der Waals surface area (Å²) in [6.45, 7) is 0.252. The Morgan fingerprint density at radius 3 is 2.94 bits per heavy atom. The smallest absolute Gasteiger partial charge is 0.242 e. The van der Waals surface area contributed by atoms with Gasteiger partial charge in [0.05, 0.1) is 0 Å². The van der Waals surface area contributed by atoms with Crippen molar-refractivity contribution in [1.82, 2.24) is 5.32 Å². The van der Waals surface area contributed by atoms with Crippen LogP contribution in [0.2, 0.25) is 5.02 Å². The van der Waals surface area contributed by atoms with Gasteiger partial charge in [-0.05, 0) is 31.7 Å². The molecule has 1 aliphatic heterocycles. The van der Waals surface area contributed by atoms with Crippen LogP contribution in [-0.2, 0) is 10.3 Å². The van der Waals surface area contributed by atoms with Crippen molar-refractivity contribution in [3.05, 3.63) is 34.9 Å². The van der Waals surface area contributed by atoms with E-state index in [1.807, 2.05) is 24.3 Å². The van der Waals surface area contributed by atoms with Crippen LogP contribution in [0.5, 0.6) is 0 Å². The standard InChI is InChI=1S/C14H15ClN2O/c15-11-6-2-1-5-10(11)14-8-4-3-7-12(14)16-9-13(18)17-14/h1-2,5-6H,3-4,7-9H2,(H,17,18). The molecule has 1 fully saturated rings. The number of fused-ring (bicyclic) bond motifs is 1. The zero-order valence-corrected chi connectivity index (χ0v) is 10.8. The molecule has 0 saturated heterocycles. The van der Waals surface area contributed by atoms with E-state index in [-0.39, 0.29) is 12.5 Å². The summed E-state index contributed by atoms with van der Waals surface area (Å²) in [5, 5.41) is 3.84. The van der Waals surface area contributed by atoms with Crippen molar-refractivity contribution >= 4 is 23.2 Å². The molecule has 1 aromatic rings. The van der Waals surface area contributed by atoms with E-state index in [9.17, 15) is 4.79 Å². The maximum atomic E-state index is 11.7. The molecule has 1 N–H and O–H groups in total. The fraction of sp³-hybridized carbons (Fsp3) is 0.429. The van der Waals surface area contributed by atoms with E-state index >= 15 is 0 Å². The molecular formula is C14H15ClN2O. The molecule has 2 aliphatic rings. The lowest BCUT2D eigenvalue weighted by Gasteiger charge is -2.42. The first-order valence-electron chi connectivity index (χ1n) is 6.32. The third-order valence-corrected chi connectivity index (χ3v) is 4.14. The Hall–Kier alpha value is -1.35. The summed E-state index contributed by atoms with van der Waals surface area (Å²) >= 11 is 6.31. The van der Waals surface area contributed by atoms with Crippen LogP contribution in [0.1, 0.15) is 31.2 Å². The predicted molar refractivity (Wildman–Crippen MR) is 72.0 cm³/mol. The van der Waals surface area contributed by atoms with Gasteiger partial charge in [0.1, 0.15) is 12.1 Å². The maximum Gasteiger partial charge on any atom is 0.242 e. The van der Waals surface area contributed by atoms with Gasteiger partial charge < -0.3 is 5.32 Å². The molecule has 0 bridgehead atoms.